The van der Waals surface area contributed by atoms with E-state index in [1.165, 1.54) is 24.6 Å². The second kappa shape index (κ2) is 10.3. The topological polar surface area (TPSA) is 102 Å². The van der Waals surface area contributed by atoms with Gasteiger partial charge in [0.25, 0.3) is 10.0 Å². The lowest BCUT2D eigenvalue weighted by molar-refractivity contribution is 0.0622. The Labute approximate surface area is 204 Å². The Balaban J connectivity index is 1.62. The predicted octanol–water partition coefficient (Wildman–Crippen LogP) is 4.86. The third kappa shape index (κ3) is 5.34. The number of hydrogen-bond acceptors (Lipinski definition) is 8. The lowest BCUT2D eigenvalue weighted by Gasteiger charge is -2.28. The normalized spacial score (nSPS) is 15.6. The van der Waals surface area contributed by atoms with Gasteiger partial charge in [0.15, 0.2) is 5.13 Å². The quantitative estimate of drug-likeness (QED) is 0.453. The van der Waals surface area contributed by atoms with Gasteiger partial charge in [0.2, 0.25) is 0 Å². The van der Waals surface area contributed by atoms with Crippen molar-refractivity contribution in [3.8, 4) is 16.2 Å². The first-order chi connectivity index (χ1) is 16.3. The van der Waals surface area contributed by atoms with Crippen LogP contribution in [0.4, 0.5) is 10.8 Å². The SMILES string of the molecule is COc1ccc(-c2sc(NC(C)C3CCOCC3)nc2C)cc1S(=O)(=O)Nc1cnccc1C. The Morgan fingerprint density at radius 2 is 1.97 bits per heavy atom. The van der Waals surface area contributed by atoms with Gasteiger partial charge in [-0.05, 0) is 74.9 Å². The number of ether oxygens (including phenoxy) is 2. The number of pyridine rings is 1. The largest absolute Gasteiger partial charge is 0.495 e. The van der Waals surface area contributed by atoms with Crippen molar-refractivity contribution in [1.82, 2.24) is 9.97 Å². The van der Waals surface area contributed by atoms with E-state index >= 15 is 0 Å². The van der Waals surface area contributed by atoms with Gasteiger partial charge in [0.1, 0.15) is 10.6 Å². The maximum Gasteiger partial charge on any atom is 0.265 e. The van der Waals surface area contributed by atoms with Crippen LogP contribution in [0.5, 0.6) is 5.75 Å². The molecular weight excluding hydrogens is 472 g/mol. The van der Waals surface area contributed by atoms with E-state index in [0.717, 1.165) is 52.9 Å². The molecule has 1 atom stereocenters. The first-order valence-corrected chi connectivity index (χ1v) is 13.5. The molecule has 1 aliphatic heterocycles. The summed E-state index contributed by atoms with van der Waals surface area (Å²) in [5.41, 5.74) is 2.82. The van der Waals surface area contributed by atoms with E-state index in [2.05, 4.69) is 21.9 Å². The first-order valence-electron chi connectivity index (χ1n) is 11.2. The van der Waals surface area contributed by atoms with E-state index in [1.807, 2.05) is 19.9 Å². The van der Waals surface area contributed by atoms with Crippen LogP contribution in [-0.2, 0) is 14.8 Å². The molecule has 3 aromatic rings. The van der Waals surface area contributed by atoms with Crippen LogP contribution in [0.25, 0.3) is 10.4 Å². The Hall–Kier alpha value is -2.69. The van der Waals surface area contributed by atoms with E-state index in [0.29, 0.717) is 11.6 Å². The van der Waals surface area contributed by atoms with Crippen LogP contribution in [0.15, 0.2) is 41.6 Å². The second-order valence-electron chi connectivity index (χ2n) is 8.48. The molecular formula is C24H30N4O4S2. The summed E-state index contributed by atoms with van der Waals surface area (Å²) in [6.45, 7) is 7.54. The number of nitrogens with zero attached hydrogens (tertiary/aromatic N) is 2. The lowest BCUT2D eigenvalue weighted by atomic mass is 9.93. The minimum atomic E-state index is -3.91. The number of methoxy groups -OCH3 is 1. The molecule has 1 aliphatic rings. The van der Waals surface area contributed by atoms with E-state index in [1.54, 1.807) is 24.4 Å². The van der Waals surface area contributed by atoms with Crippen molar-refractivity contribution in [2.24, 2.45) is 5.92 Å². The maximum atomic E-state index is 13.3. The monoisotopic (exact) mass is 502 g/mol. The Morgan fingerprint density at radius 1 is 1.21 bits per heavy atom. The molecule has 2 N–H and O–H groups in total. The van der Waals surface area contributed by atoms with Gasteiger partial charge in [-0.25, -0.2) is 13.4 Å². The molecule has 0 amide bonds. The molecule has 1 fully saturated rings. The molecule has 182 valence electrons. The molecule has 0 aliphatic carbocycles. The zero-order chi connectivity index (χ0) is 24.3. The van der Waals surface area contributed by atoms with Crippen molar-refractivity contribution in [3.05, 3.63) is 47.9 Å². The highest BCUT2D eigenvalue weighted by Gasteiger charge is 2.24. The summed E-state index contributed by atoms with van der Waals surface area (Å²) in [6.07, 6.45) is 5.19. The van der Waals surface area contributed by atoms with E-state index in [4.69, 9.17) is 14.5 Å². The number of nitrogens with one attached hydrogen (secondary N) is 2. The molecule has 4 rings (SSSR count). The number of aryl methyl sites for hydroxylation is 2. The molecule has 0 bridgehead atoms. The molecule has 0 radical (unpaired) electrons. The van der Waals surface area contributed by atoms with E-state index in [9.17, 15) is 8.42 Å². The summed E-state index contributed by atoms with van der Waals surface area (Å²) in [5.74, 6) is 0.813. The van der Waals surface area contributed by atoms with Crippen LogP contribution < -0.4 is 14.8 Å². The van der Waals surface area contributed by atoms with Crippen LogP contribution in [0, 0.1) is 19.8 Å². The minimum absolute atomic E-state index is 0.0636. The van der Waals surface area contributed by atoms with Crippen LogP contribution in [-0.4, -0.2) is 44.8 Å². The molecule has 0 saturated carbocycles. The van der Waals surface area contributed by atoms with Gasteiger partial charge in [-0.2, -0.15) is 0 Å². The van der Waals surface area contributed by atoms with Gasteiger partial charge >= 0.3 is 0 Å². The Kier molecular flexibility index (Phi) is 7.39. The molecule has 1 saturated heterocycles. The molecule has 2 aromatic heterocycles. The average molecular weight is 503 g/mol. The van der Waals surface area contributed by atoms with Crippen LogP contribution in [0.3, 0.4) is 0 Å². The first kappa shape index (κ1) is 24.4. The second-order valence-corrected chi connectivity index (χ2v) is 11.1. The summed E-state index contributed by atoms with van der Waals surface area (Å²) in [5, 5.41) is 4.37. The van der Waals surface area contributed by atoms with E-state index in [-0.39, 0.29) is 16.7 Å². The number of sulfonamides is 1. The van der Waals surface area contributed by atoms with Crippen molar-refractivity contribution >= 4 is 32.2 Å². The Bertz CT molecular complexity index is 1250. The Morgan fingerprint density at radius 3 is 2.68 bits per heavy atom. The summed E-state index contributed by atoms with van der Waals surface area (Å²) in [6, 6.07) is 7.21. The third-order valence-corrected chi connectivity index (χ3v) is 8.64. The smallest absolute Gasteiger partial charge is 0.265 e. The number of thiazole rings is 1. The zero-order valence-corrected chi connectivity index (χ0v) is 21.4. The number of aromatic nitrogens is 2. The van der Waals surface area contributed by atoms with Crippen molar-refractivity contribution in [2.45, 2.75) is 44.6 Å². The maximum absolute atomic E-state index is 13.3. The highest BCUT2D eigenvalue weighted by molar-refractivity contribution is 7.92. The van der Waals surface area contributed by atoms with Crippen molar-refractivity contribution < 1.29 is 17.9 Å². The molecule has 8 nitrogen and oxygen atoms in total. The summed E-state index contributed by atoms with van der Waals surface area (Å²) >= 11 is 1.52. The molecule has 34 heavy (non-hydrogen) atoms. The minimum Gasteiger partial charge on any atom is -0.495 e. The zero-order valence-electron chi connectivity index (χ0n) is 19.8. The number of benzene rings is 1. The summed E-state index contributed by atoms with van der Waals surface area (Å²) < 4.78 is 40.0. The third-order valence-electron chi connectivity index (χ3n) is 6.12. The van der Waals surface area contributed by atoms with Gasteiger partial charge in [0.05, 0.1) is 29.6 Å². The van der Waals surface area contributed by atoms with Crippen molar-refractivity contribution in [2.75, 3.05) is 30.4 Å². The van der Waals surface area contributed by atoms with Gasteiger partial charge in [-0.15, -0.1) is 0 Å². The number of anilines is 2. The summed E-state index contributed by atoms with van der Waals surface area (Å²) in [4.78, 5) is 9.71. The lowest BCUT2D eigenvalue weighted by Crippen LogP contribution is -2.30. The molecule has 10 heteroatoms. The van der Waals surface area contributed by atoms with Gasteiger partial charge < -0.3 is 14.8 Å². The standard InChI is InChI=1S/C24H30N4O4S2/c1-15-7-10-25-14-20(15)28-34(29,30)22-13-19(5-6-21(22)31-4)23-17(3)27-24(33-23)26-16(2)18-8-11-32-12-9-18/h5-7,10,13-14,16,18,28H,8-9,11-12H2,1-4H3,(H,26,27). The van der Waals surface area contributed by atoms with Crippen LogP contribution in [0.1, 0.15) is 31.0 Å². The summed E-state index contributed by atoms with van der Waals surface area (Å²) in [7, 11) is -2.45. The van der Waals surface area contributed by atoms with E-state index < -0.39 is 10.0 Å². The van der Waals surface area contributed by atoms with Crippen LogP contribution >= 0.6 is 11.3 Å². The fraction of sp³-hybridized carbons (Fsp3) is 0.417. The average Bonchev–Trinajstić information content (AvgIpc) is 3.20. The number of rotatable bonds is 8. The molecule has 1 aromatic carbocycles. The molecule has 0 spiro atoms. The number of hydrogen-bond donors (Lipinski definition) is 2. The van der Waals surface area contributed by atoms with Gasteiger partial charge in [-0.1, -0.05) is 11.3 Å². The van der Waals surface area contributed by atoms with Crippen LogP contribution in [0.2, 0.25) is 0 Å². The fourth-order valence-corrected chi connectivity index (χ4v) is 6.42. The van der Waals surface area contributed by atoms with Gasteiger partial charge in [0, 0.05) is 25.5 Å². The van der Waals surface area contributed by atoms with Gasteiger partial charge in [-0.3, -0.25) is 9.71 Å². The van der Waals surface area contributed by atoms with Crippen molar-refractivity contribution in [3.63, 3.8) is 0 Å². The molecule has 3 heterocycles. The highest BCUT2D eigenvalue weighted by Crippen LogP contribution is 2.37. The molecule has 1 unspecified atom stereocenters. The predicted molar refractivity (Wildman–Crippen MR) is 135 cm³/mol. The highest BCUT2D eigenvalue weighted by atomic mass is 32.2. The van der Waals surface area contributed by atoms with Crippen molar-refractivity contribution in [1.29, 1.82) is 0 Å². The fourth-order valence-electron chi connectivity index (χ4n) is 4.05.